The molecule has 3 aromatic rings. The smallest absolute Gasteiger partial charge is 0.269 e. The molecule has 9 nitrogen and oxygen atoms in total. The number of ether oxygens (including phenoxy) is 1. The molecule has 1 fully saturated rings. The Morgan fingerprint density at radius 1 is 1.24 bits per heavy atom. The number of hydrogen-bond acceptors (Lipinski definition) is 7. The standard InChI is InChI=1S/C27H31FN4O3.CH3NO/c1-17-12-21(28)23(31-9-7-27(2)5-6-27)16-20(17)19-14-22(32-25(15-19)35-11-10-33)18-4-8-30-24(13-18)26(34)29-3;2-1-3/h4,8,12-16,31,33H,5-7,9-11H2,1-3H3,(H,29,34);1H,(H2,2,3). The second-order valence-electron chi connectivity index (χ2n) is 9.43. The van der Waals surface area contributed by atoms with Crippen LogP contribution in [0.15, 0.2) is 42.6 Å². The van der Waals surface area contributed by atoms with Crippen LogP contribution in [0.25, 0.3) is 22.4 Å². The van der Waals surface area contributed by atoms with Crippen LogP contribution in [0.5, 0.6) is 5.88 Å². The molecule has 38 heavy (non-hydrogen) atoms. The third-order valence-corrected chi connectivity index (χ3v) is 6.43. The van der Waals surface area contributed by atoms with Crippen molar-refractivity contribution in [3.8, 4) is 28.3 Å². The molecule has 10 heteroatoms. The number of aliphatic hydroxyl groups is 1. The topological polar surface area (TPSA) is 139 Å². The monoisotopic (exact) mass is 523 g/mol. The second kappa shape index (κ2) is 13.0. The molecular formula is C28H34FN5O4. The van der Waals surface area contributed by atoms with E-state index in [1.54, 1.807) is 31.4 Å². The Bertz CT molecular complexity index is 1280. The van der Waals surface area contributed by atoms with E-state index in [-0.39, 0.29) is 37.0 Å². The number of primary amides is 1. The Balaban J connectivity index is 0.00000127. The van der Waals surface area contributed by atoms with Crippen LogP contribution < -0.4 is 21.1 Å². The summed E-state index contributed by atoms with van der Waals surface area (Å²) in [6.07, 6.45) is 5.25. The van der Waals surface area contributed by atoms with Crippen molar-refractivity contribution in [2.45, 2.75) is 33.1 Å². The van der Waals surface area contributed by atoms with Gasteiger partial charge in [0.05, 0.1) is 18.0 Å². The number of pyridine rings is 2. The predicted molar refractivity (Wildman–Crippen MR) is 144 cm³/mol. The van der Waals surface area contributed by atoms with Crippen molar-refractivity contribution in [3.05, 3.63) is 59.7 Å². The number of nitrogens with zero attached hydrogens (tertiary/aromatic N) is 2. The van der Waals surface area contributed by atoms with E-state index >= 15 is 0 Å². The predicted octanol–water partition coefficient (Wildman–Crippen LogP) is 3.69. The van der Waals surface area contributed by atoms with Crippen LogP contribution in [0, 0.1) is 18.2 Å². The zero-order chi connectivity index (χ0) is 27.7. The summed E-state index contributed by atoms with van der Waals surface area (Å²) in [6, 6.07) is 10.4. The summed E-state index contributed by atoms with van der Waals surface area (Å²) < 4.78 is 20.4. The van der Waals surface area contributed by atoms with E-state index in [2.05, 4.69) is 33.3 Å². The Morgan fingerprint density at radius 3 is 2.63 bits per heavy atom. The number of amides is 2. The highest BCUT2D eigenvalue weighted by molar-refractivity contribution is 5.93. The van der Waals surface area contributed by atoms with Crippen molar-refractivity contribution in [2.24, 2.45) is 11.1 Å². The molecule has 2 aromatic heterocycles. The summed E-state index contributed by atoms with van der Waals surface area (Å²) in [7, 11) is 1.55. The summed E-state index contributed by atoms with van der Waals surface area (Å²) in [4.78, 5) is 29.3. The molecule has 202 valence electrons. The van der Waals surface area contributed by atoms with E-state index in [0.717, 1.165) is 23.1 Å². The Kier molecular flexibility index (Phi) is 9.72. The number of aliphatic hydroxyl groups excluding tert-OH is 1. The first-order valence-corrected chi connectivity index (χ1v) is 12.4. The van der Waals surface area contributed by atoms with Crippen molar-refractivity contribution >= 4 is 18.0 Å². The van der Waals surface area contributed by atoms with Crippen LogP contribution in [0.3, 0.4) is 0 Å². The summed E-state index contributed by atoms with van der Waals surface area (Å²) in [5.41, 5.74) is 8.93. The van der Waals surface area contributed by atoms with Gasteiger partial charge in [0.15, 0.2) is 0 Å². The zero-order valence-electron chi connectivity index (χ0n) is 21.9. The molecule has 0 unspecified atom stereocenters. The van der Waals surface area contributed by atoms with Gasteiger partial charge < -0.3 is 26.2 Å². The number of hydrogen-bond donors (Lipinski definition) is 4. The van der Waals surface area contributed by atoms with Crippen LogP contribution in [-0.2, 0) is 4.79 Å². The fourth-order valence-corrected chi connectivity index (χ4v) is 3.96. The summed E-state index contributed by atoms with van der Waals surface area (Å²) in [5, 5.41) is 15.1. The molecule has 5 N–H and O–H groups in total. The highest BCUT2D eigenvalue weighted by atomic mass is 19.1. The largest absolute Gasteiger partial charge is 0.475 e. The molecule has 0 bridgehead atoms. The van der Waals surface area contributed by atoms with Crippen molar-refractivity contribution in [1.82, 2.24) is 15.3 Å². The van der Waals surface area contributed by atoms with Crippen LogP contribution >= 0.6 is 0 Å². The Morgan fingerprint density at radius 2 is 1.97 bits per heavy atom. The highest BCUT2D eigenvalue weighted by Gasteiger charge is 2.36. The third-order valence-electron chi connectivity index (χ3n) is 6.43. The van der Waals surface area contributed by atoms with Crippen LogP contribution in [0.1, 0.15) is 42.2 Å². The first-order valence-electron chi connectivity index (χ1n) is 12.4. The lowest BCUT2D eigenvalue weighted by atomic mass is 9.98. The molecule has 0 spiro atoms. The first-order chi connectivity index (χ1) is 18.2. The summed E-state index contributed by atoms with van der Waals surface area (Å²) >= 11 is 0. The average molecular weight is 524 g/mol. The van der Waals surface area contributed by atoms with E-state index in [1.165, 1.54) is 18.9 Å². The molecule has 4 rings (SSSR count). The molecule has 1 aromatic carbocycles. The van der Waals surface area contributed by atoms with E-state index in [1.807, 2.05) is 19.1 Å². The van der Waals surface area contributed by atoms with Gasteiger partial charge in [-0.2, -0.15) is 0 Å². The third kappa shape index (κ3) is 7.48. The average Bonchev–Trinajstić information content (AvgIpc) is 3.65. The van der Waals surface area contributed by atoms with Crippen LogP contribution in [0.2, 0.25) is 0 Å². The van der Waals surface area contributed by atoms with Crippen molar-refractivity contribution in [3.63, 3.8) is 0 Å². The number of aromatic nitrogens is 2. The van der Waals surface area contributed by atoms with Crippen LogP contribution in [-0.4, -0.2) is 54.2 Å². The van der Waals surface area contributed by atoms with Gasteiger partial charge in [-0.3, -0.25) is 14.6 Å². The minimum Gasteiger partial charge on any atom is -0.475 e. The molecule has 1 aliphatic carbocycles. The highest BCUT2D eigenvalue weighted by Crippen LogP contribution is 2.48. The fourth-order valence-electron chi connectivity index (χ4n) is 3.96. The van der Waals surface area contributed by atoms with Crippen molar-refractivity contribution in [1.29, 1.82) is 0 Å². The van der Waals surface area contributed by atoms with E-state index in [0.29, 0.717) is 34.8 Å². The van der Waals surface area contributed by atoms with Gasteiger partial charge in [-0.1, -0.05) is 6.92 Å². The van der Waals surface area contributed by atoms with Gasteiger partial charge in [0.2, 0.25) is 12.3 Å². The van der Waals surface area contributed by atoms with Gasteiger partial charge in [0, 0.05) is 31.4 Å². The van der Waals surface area contributed by atoms with Gasteiger partial charge in [-0.05, 0) is 78.6 Å². The molecule has 0 aliphatic heterocycles. The molecule has 0 saturated heterocycles. The zero-order valence-corrected chi connectivity index (χ0v) is 21.9. The fraction of sp³-hybridized carbons (Fsp3) is 0.357. The van der Waals surface area contributed by atoms with E-state index in [9.17, 15) is 14.3 Å². The maximum atomic E-state index is 14.8. The SMILES string of the molecule is CNC(=O)c1cc(-c2cc(-c3cc(NCCC4(C)CC4)c(F)cc3C)cc(OCCO)n2)ccn1.NC=O. The van der Waals surface area contributed by atoms with E-state index < -0.39 is 0 Å². The maximum Gasteiger partial charge on any atom is 0.269 e. The molecule has 2 amide bonds. The Hall–Kier alpha value is -4.05. The minimum atomic E-state index is -0.301. The molecule has 2 heterocycles. The molecule has 0 radical (unpaired) electrons. The first kappa shape index (κ1) is 28.5. The molecule has 0 atom stereocenters. The van der Waals surface area contributed by atoms with Gasteiger partial charge in [0.1, 0.15) is 18.1 Å². The van der Waals surface area contributed by atoms with Gasteiger partial charge in [0.25, 0.3) is 5.91 Å². The second-order valence-corrected chi connectivity index (χ2v) is 9.43. The molecule has 1 saturated carbocycles. The minimum absolute atomic E-state index is 0.0870. The Labute approximate surface area is 221 Å². The lowest BCUT2D eigenvalue weighted by Gasteiger charge is -2.16. The van der Waals surface area contributed by atoms with Gasteiger partial charge in [-0.25, -0.2) is 9.37 Å². The summed E-state index contributed by atoms with van der Waals surface area (Å²) in [5.74, 6) is -0.266. The number of nitrogens with one attached hydrogen (secondary N) is 2. The van der Waals surface area contributed by atoms with Crippen molar-refractivity contribution in [2.75, 3.05) is 32.1 Å². The van der Waals surface area contributed by atoms with Crippen LogP contribution in [0.4, 0.5) is 10.1 Å². The number of benzene rings is 1. The number of aryl methyl sites for hydroxylation is 1. The number of rotatable bonds is 10. The number of anilines is 1. The van der Waals surface area contributed by atoms with E-state index in [4.69, 9.17) is 9.53 Å². The molecule has 1 aliphatic rings. The number of carbonyl (C=O) groups is 2. The number of carbonyl (C=O) groups excluding carboxylic acids is 2. The summed E-state index contributed by atoms with van der Waals surface area (Å²) in [6.45, 7) is 4.76. The number of halogens is 1. The van der Waals surface area contributed by atoms with Gasteiger partial charge in [-0.15, -0.1) is 0 Å². The van der Waals surface area contributed by atoms with Crippen molar-refractivity contribution < 1.29 is 23.8 Å². The lowest BCUT2D eigenvalue weighted by molar-refractivity contribution is -0.106. The lowest BCUT2D eigenvalue weighted by Crippen LogP contribution is -2.19. The quantitative estimate of drug-likeness (QED) is 0.297. The van der Waals surface area contributed by atoms with Gasteiger partial charge >= 0.3 is 0 Å². The molecular weight excluding hydrogens is 489 g/mol. The number of nitrogens with two attached hydrogens (primary N) is 1. The normalized spacial score (nSPS) is 13.1. The maximum absolute atomic E-state index is 14.8.